The van der Waals surface area contributed by atoms with Crippen molar-refractivity contribution in [1.29, 1.82) is 0 Å². The van der Waals surface area contributed by atoms with Crippen LogP contribution < -0.4 is 15.4 Å². The van der Waals surface area contributed by atoms with Gasteiger partial charge in [-0.1, -0.05) is 6.92 Å². The molecule has 2 aromatic carbocycles. The highest BCUT2D eigenvalue weighted by Crippen LogP contribution is 2.33. The van der Waals surface area contributed by atoms with Crippen LogP contribution in [0.15, 0.2) is 73.1 Å². The number of urea groups is 1. The molecule has 4 aromatic rings. The minimum atomic E-state index is -4.88. The third kappa shape index (κ3) is 5.93. The molecule has 0 fully saturated rings. The maximum atomic E-state index is 13.4. The van der Waals surface area contributed by atoms with Gasteiger partial charge in [0.15, 0.2) is 0 Å². The number of pyridine rings is 1. The third-order valence-electron chi connectivity index (χ3n) is 4.93. The molecule has 0 atom stereocenters. The van der Waals surface area contributed by atoms with Gasteiger partial charge in [-0.05, 0) is 60.7 Å². The van der Waals surface area contributed by atoms with Gasteiger partial charge in [0.1, 0.15) is 17.4 Å². The first-order valence-corrected chi connectivity index (χ1v) is 10.7. The molecule has 11 heteroatoms. The molecule has 0 saturated carbocycles. The molecule has 0 saturated heterocycles. The van der Waals surface area contributed by atoms with E-state index >= 15 is 0 Å². The lowest BCUT2D eigenvalue weighted by Crippen LogP contribution is -2.20. The van der Waals surface area contributed by atoms with Gasteiger partial charge in [0.05, 0.1) is 16.8 Å². The van der Waals surface area contributed by atoms with Crippen molar-refractivity contribution in [2.75, 3.05) is 10.6 Å². The van der Waals surface area contributed by atoms with Gasteiger partial charge in [-0.2, -0.15) is 13.2 Å². The van der Waals surface area contributed by atoms with Crippen LogP contribution in [0.2, 0.25) is 0 Å². The van der Waals surface area contributed by atoms with E-state index in [1.54, 1.807) is 48.8 Å². The topological polar surface area (TPSA) is 89.0 Å². The second-order valence-electron chi connectivity index (χ2n) is 7.47. The molecule has 7 nitrogen and oxygen atoms in total. The van der Waals surface area contributed by atoms with Crippen LogP contribution in [0.5, 0.6) is 11.6 Å². The molecule has 2 N–H and O–H groups in total. The number of anilines is 2. The quantitative estimate of drug-likeness (QED) is 0.290. The molecule has 184 valence electrons. The number of hydrogen-bond acceptors (Lipinski definition) is 5. The van der Waals surface area contributed by atoms with E-state index in [0.717, 1.165) is 6.07 Å². The number of carbonyl (C=O) groups is 1. The summed E-state index contributed by atoms with van der Waals surface area (Å²) in [6.07, 6.45) is -0.954. The smallest absolute Gasteiger partial charge is 0.419 e. The van der Waals surface area contributed by atoms with Crippen molar-refractivity contribution in [2.45, 2.75) is 19.5 Å². The van der Waals surface area contributed by atoms with Crippen molar-refractivity contribution in [2.24, 2.45) is 0 Å². The molecule has 0 unspecified atom stereocenters. The molecule has 0 aliphatic rings. The summed E-state index contributed by atoms with van der Waals surface area (Å²) in [4.78, 5) is 25.2. The average Bonchev–Trinajstić information content (AvgIpc) is 2.86. The Morgan fingerprint density at radius 2 is 1.67 bits per heavy atom. The normalized spacial score (nSPS) is 11.1. The number of nitrogens with zero attached hydrogens (tertiary/aromatic N) is 3. The molecule has 0 radical (unpaired) electrons. The maximum Gasteiger partial charge on any atom is 0.419 e. The van der Waals surface area contributed by atoms with E-state index in [1.807, 2.05) is 13.0 Å². The summed E-state index contributed by atoms with van der Waals surface area (Å²) in [6.45, 7) is 1.95. The van der Waals surface area contributed by atoms with Crippen LogP contribution in [0.3, 0.4) is 0 Å². The Morgan fingerprint density at radius 1 is 0.944 bits per heavy atom. The van der Waals surface area contributed by atoms with E-state index < -0.39 is 23.6 Å². The zero-order valence-corrected chi connectivity index (χ0v) is 18.8. The van der Waals surface area contributed by atoms with E-state index in [9.17, 15) is 22.4 Å². The minimum absolute atomic E-state index is 0.209. The minimum Gasteiger partial charge on any atom is -0.438 e. The van der Waals surface area contributed by atoms with Crippen molar-refractivity contribution in [3.05, 3.63) is 90.3 Å². The molecule has 2 heterocycles. The molecular formula is C25H19F4N5O2. The molecule has 2 aromatic heterocycles. The summed E-state index contributed by atoms with van der Waals surface area (Å²) in [7, 11) is 0. The van der Waals surface area contributed by atoms with Crippen molar-refractivity contribution >= 4 is 17.4 Å². The Labute approximate surface area is 203 Å². The average molecular weight is 497 g/mol. The molecule has 4 rings (SSSR count). The van der Waals surface area contributed by atoms with Gasteiger partial charge in [-0.3, -0.25) is 0 Å². The number of benzene rings is 2. The first-order chi connectivity index (χ1) is 17.2. The molecule has 0 bridgehead atoms. The van der Waals surface area contributed by atoms with Gasteiger partial charge in [-0.15, -0.1) is 0 Å². The maximum absolute atomic E-state index is 13.4. The fourth-order valence-corrected chi connectivity index (χ4v) is 3.22. The van der Waals surface area contributed by atoms with Crippen LogP contribution in [0.25, 0.3) is 11.3 Å². The second kappa shape index (κ2) is 10.4. The highest BCUT2D eigenvalue weighted by molar-refractivity contribution is 5.99. The van der Waals surface area contributed by atoms with Gasteiger partial charge < -0.3 is 15.4 Å². The van der Waals surface area contributed by atoms with Gasteiger partial charge in [0.25, 0.3) is 0 Å². The number of carbonyl (C=O) groups excluding carboxylic acids is 1. The lowest BCUT2D eigenvalue weighted by atomic mass is 10.2. The number of halogens is 4. The zero-order valence-electron chi connectivity index (χ0n) is 18.8. The number of rotatable bonds is 6. The number of amides is 2. The molecular weight excluding hydrogens is 478 g/mol. The predicted octanol–water partition coefficient (Wildman–Crippen LogP) is 6.70. The SMILES string of the molecule is CCc1nccc(-c2cccnc2Oc2ccc(NC(=O)Nc3ccc(F)c(C(F)(F)F)c3)cc2)n1. The van der Waals surface area contributed by atoms with Crippen LogP contribution in [-0.2, 0) is 12.6 Å². The predicted molar refractivity (Wildman–Crippen MR) is 125 cm³/mol. The number of ether oxygens (including phenoxy) is 1. The van der Waals surface area contributed by atoms with Crippen LogP contribution >= 0.6 is 0 Å². The van der Waals surface area contributed by atoms with Gasteiger partial charge in [-0.25, -0.2) is 24.1 Å². The van der Waals surface area contributed by atoms with Crippen LogP contribution in [0.4, 0.5) is 33.7 Å². The number of nitrogens with one attached hydrogen (secondary N) is 2. The monoisotopic (exact) mass is 497 g/mol. The van der Waals surface area contributed by atoms with E-state index in [4.69, 9.17) is 4.74 Å². The Balaban J connectivity index is 1.43. The van der Waals surface area contributed by atoms with E-state index in [2.05, 4.69) is 25.6 Å². The largest absolute Gasteiger partial charge is 0.438 e. The van der Waals surface area contributed by atoms with Crippen LogP contribution in [0.1, 0.15) is 18.3 Å². The molecule has 0 aliphatic heterocycles. The van der Waals surface area contributed by atoms with Crippen LogP contribution in [-0.4, -0.2) is 21.0 Å². The molecule has 0 aliphatic carbocycles. The Bertz CT molecular complexity index is 1380. The van der Waals surface area contributed by atoms with Crippen molar-refractivity contribution < 1.29 is 27.1 Å². The lowest BCUT2D eigenvalue weighted by molar-refractivity contribution is -0.139. The Kier molecular flexibility index (Phi) is 7.09. The molecule has 2 amide bonds. The summed E-state index contributed by atoms with van der Waals surface area (Å²) >= 11 is 0. The van der Waals surface area contributed by atoms with Crippen molar-refractivity contribution in [3.63, 3.8) is 0 Å². The highest BCUT2D eigenvalue weighted by atomic mass is 19.4. The summed E-state index contributed by atoms with van der Waals surface area (Å²) < 4.78 is 58.0. The van der Waals surface area contributed by atoms with E-state index in [0.29, 0.717) is 53.0 Å². The Morgan fingerprint density at radius 3 is 2.39 bits per heavy atom. The first kappa shape index (κ1) is 24.6. The first-order valence-electron chi connectivity index (χ1n) is 10.7. The highest BCUT2D eigenvalue weighted by Gasteiger charge is 2.34. The van der Waals surface area contributed by atoms with Gasteiger partial charge in [0, 0.05) is 30.2 Å². The number of alkyl halides is 3. The standard InChI is InChI=1S/C25H19F4N5O2/c1-2-22-30-13-11-21(34-22)18-4-3-12-31-23(18)36-17-8-5-15(6-9-17)32-24(35)33-16-7-10-20(26)19(14-16)25(27,28)29/h3-14H,2H2,1H3,(H2,32,33,35). The second-order valence-corrected chi connectivity index (χ2v) is 7.47. The van der Waals surface area contributed by atoms with Crippen molar-refractivity contribution in [3.8, 4) is 22.9 Å². The fourth-order valence-electron chi connectivity index (χ4n) is 3.22. The number of hydrogen-bond donors (Lipinski definition) is 2. The Hall–Kier alpha value is -4.54. The lowest BCUT2D eigenvalue weighted by Gasteiger charge is -2.12. The molecule has 36 heavy (non-hydrogen) atoms. The van der Waals surface area contributed by atoms with E-state index in [-0.39, 0.29) is 5.69 Å². The fraction of sp³-hybridized carbons (Fsp3) is 0.120. The summed E-state index contributed by atoms with van der Waals surface area (Å²) in [5, 5.41) is 4.74. The van der Waals surface area contributed by atoms with Crippen LogP contribution in [0, 0.1) is 5.82 Å². The van der Waals surface area contributed by atoms with Crippen molar-refractivity contribution in [1.82, 2.24) is 15.0 Å². The summed E-state index contributed by atoms with van der Waals surface area (Å²) in [5.41, 5.74) is 0.00844. The number of aryl methyl sites for hydroxylation is 1. The van der Waals surface area contributed by atoms with Gasteiger partial charge in [0.2, 0.25) is 5.88 Å². The third-order valence-corrected chi connectivity index (χ3v) is 4.93. The summed E-state index contributed by atoms with van der Waals surface area (Å²) in [6, 6.07) is 13.0. The van der Waals surface area contributed by atoms with Gasteiger partial charge >= 0.3 is 12.2 Å². The number of aromatic nitrogens is 3. The zero-order chi connectivity index (χ0) is 25.7. The summed E-state index contributed by atoms with van der Waals surface area (Å²) in [5.74, 6) is 0.0180. The van der Waals surface area contributed by atoms with E-state index in [1.165, 1.54) is 0 Å². The molecule has 0 spiro atoms.